The molecule has 3 heteroatoms. The minimum absolute atomic E-state index is 0. The molecular weight excluding hydrogens is 571 g/mol. The average molecular weight is 613 g/mol. The maximum absolute atomic E-state index is 3.43. The molecule has 0 amide bonds. The summed E-state index contributed by atoms with van der Waals surface area (Å²) >= 11 is 1.30. The normalized spacial score (nSPS) is 13.5. The Balaban J connectivity index is 0. The van der Waals surface area contributed by atoms with E-state index in [1.54, 1.807) is 0 Å². The summed E-state index contributed by atoms with van der Waals surface area (Å²) in [5.74, 6) is 0.592. The smallest absolute Gasteiger partial charge is 0.0253 e. The van der Waals surface area contributed by atoms with Gasteiger partial charge in [0.2, 0.25) is 0 Å². The summed E-state index contributed by atoms with van der Waals surface area (Å²) in [4.78, 5) is 0. The van der Waals surface area contributed by atoms with Gasteiger partial charge < -0.3 is 7.43 Å². The van der Waals surface area contributed by atoms with Crippen molar-refractivity contribution in [3.63, 3.8) is 0 Å². The molecule has 0 aromatic heterocycles. The fourth-order valence-electron chi connectivity index (χ4n) is 3.91. The summed E-state index contributed by atoms with van der Waals surface area (Å²) in [7, 11) is 0. The minimum atomic E-state index is 0. The van der Waals surface area contributed by atoms with Gasteiger partial charge in [-0.15, -0.1) is 30.4 Å². The summed E-state index contributed by atoms with van der Waals surface area (Å²) in [6.45, 7) is 9.03. The number of hydrogen-bond acceptors (Lipinski definition) is 0. The molecule has 3 aromatic rings. The third-order valence-corrected chi connectivity index (χ3v) is 5.79. The molecule has 0 nitrogen and oxygen atoms in total. The molecule has 0 spiro atoms. The van der Waals surface area contributed by atoms with Crippen LogP contribution in [0.4, 0.5) is 0 Å². The number of unbranched alkanes of at least 4 members (excludes halogenated alkanes) is 1. The predicted octanol–water partition coefficient (Wildman–Crippen LogP) is 9.94. The third kappa shape index (κ3) is 12.7. The number of hydrogen-bond donors (Lipinski definition) is 0. The first-order chi connectivity index (χ1) is 16.5. The number of benzene rings is 3. The van der Waals surface area contributed by atoms with Crippen molar-refractivity contribution >= 4 is 29.0 Å². The second-order valence-electron chi connectivity index (χ2n) is 9.41. The molecule has 0 radical (unpaired) electrons. The van der Waals surface area contributed by atoms with Crippen molar-refractivity contribution < 1.29 is 24.2 Å². The van der Waals surface area contributed by atoms with E-state index < -0.39 is 0 Å². The molecule has 37 heavy (non-hydrogen) atoms. The van der Waals surface area contributed by atoms with Crippen LogP contribution >= 0.6 is 24.8 Å². The molecule has 0 bridgehead atoms. The van der Waals surface area contributed by atoms with Gasteiger partial charge in [-0.3, -0.25) is 6.08 Å². The number of rotatable bonds is 3. The van der Waals surface area contributed by atoms with Gasteiger partial charge in [0.05, 0.1) is 0 Å². The van der Waals surface area contributed by atoms with E-state index in [0.29, 0.717) is 11.3 Å². The number of allylic oxidation sites excluding steroid dienone is 4. The molecule has 0 aliphatic heterocycles. The molecule has 2 aliphatic carbocycles. The fraction of sp³-hybridized carbons (Fsp3) is 0.294. The Hall–Kier alpha value is -1.53. The zero-order chi connectivity index (χ0) is 24.8. The van der Waals surface area contributed by atoms with E-state index in [-0.39, 0.29) is 32.2 Å². The average Bonchev–Trinajstić information content (AvgIpc) is 3.51. The summed E-state index contributed by atoms with van der Waals surface area (Å²) < 4.78 is 3.34. The van der Waals surface area contributed by atoms with Crippen LogP contribution in [0.2, 0.25) is 0 Å². The summed E-state index contributed by atoms with van der Waals surface area (Å²) in [6.07, 6.45) is 12.9. The topological polar surface area (TPSA) is 0 Å². The second-order valence-corrected chi connectivity index (χ2v) is 9.41. The Morgan fingerprint density at radius 2 is 1.54 bits per heavy atom. The largest absolute Gasteiger partial charge is 0.358 e. The van der Waals surface area contributed by atoms with Crippen molar-refractivity contribution in [3.05, 3.63) is 127 Å². The summed E-state index contributed by atoms with van der Waals surface area (Å²) in [6, 6.07) is 30.6. The summed E-state index contributed by atoms with van der Waals surface area (Å²) in [5.41, 5.74) is 7.26. The minimum Gasteiger partial charge on any atom is -0.358 e. The molecule has 200 valence electrons. The van der Waals surface area contributed by atoms with Crippen LogP contribution in [-0.4, -0.2) is 4.21 Å². The SMILES string of the molecule is CCCCC1[C-]=CC(C(C)(C)C)=C1.Cl.Cl.[CH2]=[Zr].[CH3-].[c-]1cccc2c1Cc1ccccc1-2.[c-]1ccccc1. The van der Waals surface area contributed by atoms with E-state index in [4.69, 9.17) is 0 Å². The van der Waals surface area contributed by atoms with Crippen LogP contribution in [0.3, 0.4) is 0 Å². The van der Waals surface area contributed by atoms with Gasteiger partial charge in [-0.2, -0.15) is 77.9 Å². The molecule has 0 saturated carbocycles. The van der Waals surface area contributed by atoms with Crippen LogP contribution in [0.5, 0.6) is 0 Å². The molecule has 0 saturated heterocycles. The maximum Gasteiger partial charge on any atom is -0.0253 e. The molecule has 0 fully saturated rings. The molecular formula is C34H42Cl2Zr-4. The zero-order valence-corrected chi connectivity index (χ0v) is 27.1. The van der Waals surface area contributed by atoms with Crippen LogP contribution in [0.1, 0.15) is 58.1 Å². The first kappa shape index (κ1) is 37.6. The Bertz CT molecular complexity index is 978. The van der Waals surface area contributed by atoms with Crippen molar-refractivity contribution in [1.29, 1.82) is 0 Å². The Kier molecular flexibility index (Phi) is 20.8. The van der Waals surface area contributed by atoms with Crippen molar-refractivity contribution in [3.8, 4) is 11.1 Å². The van der Waals surface area contributed by atoms with Crippen LogP contribution in [0.15, 0.2) is 90.5 Å². The van der Waals surface area contributed by atoms with E-state index in [1.807, 2.05) is 36.4 Å². The Labute approximate surface area is 254 Å². The molecule has 0 N–H and O–H groups in total. The Morgan fingerprint density at radius 3 is 2.08 bits per heavy atom. The molecule has 1 atom stereocenters. The van der Waals surface area contributed by atoms with Crippen LogP contribution in [-0.2, 0) is 30.7 Å². The first-order valence-electron chi connectivity index (χ1n) is 12.1. The molecule has 5 rings (SSSR count). The van der Waals surface area contributed by atoms with E-state index in [0.717, 1.165) is 6.42 Å². The second kappa shape index (κ2) is 20.4. The van der Waals surface area contributed by atoms with Gasteiger partial charge >= 0.3 is 28.4 Å². The van der Waals surface area contributed by atoms with Gasteiger partial charge in [0, 0.05) is 0 Å². The van der Waals surface area contributed by atoms with Gasteiger partial charge in [0.25, 0.3) is 0 Å². The fourth-order valence-corrected chi connectivity index (χ4v) is 3.91. The number of fused-ring (bicyclic) bond motifs is 3. The maximum atomic E-state index is 3.43. The standard InChI is InChI=1S/C13H9.C13H21.C6H5.CH3.CH2.2ClH.Zr/c1-3-7-12-10(5-1)9-11-6-2-4-8-13(11)12;1-5-6-7-11-8-9-12(10-11)13(2,3)4;1-2-4-6-5-3-1;;;;;/h1-5,7-8H,9H2;9-11H,5-7H2,1-4H3;1-5H;1H3;1H2;2*1H;/q4*-1;;;;. The van der Waals surface area contributed by atoms with Gasteiger partial charge in [-0.25, -0.2) is 6.08 Å². The van der Waals surface area contributed by atoms with Gasteiger partial charge in [0.15, 0.2) is 0 Å². The molecule has 2 aliphatic rings. The van der Waals surface area contributed by atoms with Crippen LogP contribution in [0.25, 0.3) is 11.1 Å². The van der Waals surface area contributed by atoms with Gasteiger partial charge in [0.1, 0.15) is 0 Å². The predicted molar refractivity (Wildman–Crippen MR) is 165 cm³/mol. The van der Waals surface area contributed by atoms with Crippen molar-refractivity contribution in [2.75, 3.05) is 0 Å². The quantitative estimate of drug-likeness (QED) is 0.202. The van der Waals surface area contributed by atoms with E-state index >= 15 is 0 Å². The number of halogens is 2. The molecule has 3 aromatic carbocycles. The van der Waals surface area contributed by atoms with E-state index in [1.165, 1.54) is 71.3 Å². The van der Waals surface area contributed by atoms with Crippen LogP contribution < -0.4 is 0 Å². The van der Waals surface area contributed by atoms with Gasteiger partial charge in [-0.1, -0.05) is 93.7 Å². The van der Waals surface area contributed by atoms with E-state index in [2.05, 4.69) is 98.7 Å². The van der Waals surface area contributed by atoms with Crippen molar-refractivity contribution in [2.24, 2.45) is 11.3 Å². The monoisotopic (exact) mass is 610 g/mol. The Morgan fingerprint density at radius 1 is 0.892 bits per heavy atom. The van der Waals surface area contributed by atoms with Crippen molar-refractivity contribution in [1.82, 2.24) is 0 Å². The third-order valence-electron chi connectivity index (χ3n) is 5.79. The zero-order valence-electron chi connectivity index (χ0n) is 23.0. The van der Waals surface area contributed by atoms with E-state index in [9.17, 15) is 0 Å². The van der Waals surface area contributed by atoms with Crippen LogP contribution in [0, 0.1) is 37.0 Å². The van der Waals surface area contributed by atoms with Gasteiger partial charge in [-0.05, 0) is 6.42 Å². The molecule has 0 heterocycles. The van der Waals surface area contributed by atoms with Crippen molar-refractivity contribution in [2.45, 2.75) is 53.4 Å². The first-order valence-corrected chi connectivity index (χ1v) is 13.9. The summed E-state index contributed by atoms with van der Waals surface area (Å²) in [5, 5.41) is 0. The molecule has 1 unspecified atom stereocenters.